The normalized spacial score (nSPS) is 20.5. The van der Waals surface area contributed by atoms with E-state index in [-0.39, 0.29) is 0 Å². The highest BCUT2D eigenvalue weighted by Crippen LogP contribution is 2.39. The molecule has 0 aromatic carbocycles. The van der Waals surface area contributed by atoms with Gasteiger partial charge in [-0.1, -0.05) is 65.3 Å². The summed E-state index contributed by atoms with van der Waals surface area (Å²) in [6.07, 6.45) is 4.92. The van der Waals surface area contributed by atoms with Crippen LogP contribution in [0.3, 0.4) is 0 Å². The van der Waals surface area contributed by atoms with E-state index in [0.29, 0.717) is 18.0 Å². The Morgan fingerprint density at radius 2 is 1.83 bits per heavy atom. The van der Waals surface area contributed by atoms with Gasteiger partial charge in [0, 0.05) is 12.1 Å². The Balaban J connectivity index is 2.48. The van der Waals surface area contributed by atoms with Gasteiger partial charge in [0.1, 0.15) is 0 Å². The van der Waals surface area contributed by atoms with E-state index >= 15 is 0 Å². The van der Waals surface area contributed by atoms with Gasteiger partial charge in [-0.3, -0.25) is 0 Å². The summed E-state index contributed by atoms with van der Waals surface area (Å²) in [7, 11) is 0. The minimum Gasteiger partial charge on any atom is -0.308 e. The average Bonchev–Trinajstić information content (AvgIpc) is 2.92. The second kappa shape index (κ2) is 6.56. The van der Waals surface area contributed by atoms with Crippen LogP contribution in [0.5, 0.6) is 0 Å². The zero-order valence-corrected chi connectivity index (χ0v) is 13.1. The third-order valence-corrected chi connectivity index (χ3v) is 3.67. The molecule has 0 saturated carbocycles. The molecule has 0 spiro atoms. The van der Waals surface area contributed by atoms with Gasteiger partial charge in [0.25, 0.3) is 0 Å². The molecule has 0 aliphatic heterocycles. The Morgan fingerprint density at radius 3 is 2.28 bits per heavy atom. The van der Waals surface area contributed by atoms with Gasteiger partial charge in [0.15, 0.2) is 0 Å². The fourth-order valence-corrected chi connectivity index (χ4v) is 2.49. The van der Waals surface area contributed by atoms with Crippen molar-refractivity contribution >= 4 is 0 Å². The van der Waals surface area contributed by atoms with Crippen LogP contribution in [-0.4, -0.2) is 12.1 Å². The van der Waals surface area contributed by atoms with Gasteiger partial charge in [-0.25, -0.2) is 0 Å². The van der Waals surface area contributed by atoms with Crippen LogP contribution in [-0.2, 0) is 0 Å². The molecule has 18 heavy (non-hydrogen) atoms. The SMILES string of the molecule is C=C(C(C)C)C(CC1=CC1CC(C)C)NC(C)C. The molecule has 104 valence electrons. The molecule has 1 aliphatic rings. The van der Waals surface area contributed by atoms with Crippen LogP contribution in [0.15, 0.2) is 23.8 Å². The van der Waals surface area contributed by atoms with Crippen LogP contribution in [0.1, 0.15) is 54.4 Å². The summed E-state index contributed by atoms with van der Waals surface area (Å²) in [6.45, 7) is 17.8. The molecule has 0 radical (unpaired) electrons. The molecule has 0 aromatic heterocycles. The molecule has 2 atom stereocenters. The molecule has 1 aliphatic carbocycles. The highest BCUT2D eigenvalue weighted by Gasteiger charge is 2.29. The quantitative estimate of drug-likeness (QED) is 0.622. The number of hydrogen-bond donors (Lipinski definition) is 1. The van der Waals surface area contributed by atoms with Gasteiger partial charge >= 0.3 is 0 Å². The number of rotatable bonds is 8. The van der Waals surface area contributed by atoms with E-state index in [4.69, 9.17) is 0 Å². The summed E-state index contributed by atoms with van der Waals surface area (Å²) in [4.78, 5) is 0. The highest BCUT2D eigenvalue weighted by atomic mass is 14.9. The average molecular weight is 249 g/mol. The Morgan fingerprint density at radius 1 is 1.22 bits per heavy atom. The second-order valence-electron chi connectivity index (χ2n) is 6.79. The van der Waals surface area contributed by atoms with E-state index in [1.165, 1.54) is 12.0 Å². The van der Waals surface area contributed by atoms with Crippen molar-refractivity contribution in [1.82, 2.24) is 5.32 Å². The van der Waals surface area contributed by atoms with Gasteiger partial charge in [-0.2, -0.15) is 0 Å². The lowest BCUT2D eigenvalue weighted by atomic mass is 9.92. The van der Waals surface area contributed by atoms with Crippen molar-refractivity contribution in [3.8, 4) is 0 Å². The first-order chi connectivity index (χ1) is 8.31. The lowest BCUT2D eigenvalue weighted by Crippen LogP contribution is -2.37. The number of allylic oxidation sites excluding steroid dienone is 1. The first-order valence-corrected chi connectivity index (χ1v) is 7.46. The molecule has 1 heteroatoms. The van der Waals surface area contributed by atoms with Gasteiger partial charge in [-0.05, 0) is 30.6 Å². The summed E-state index contributed by atoms with van der Waals surface area (Å²) in [6, 6.07) is 0.974. The van der Waals surface area contributed by atoms with E-state index in [2.05, 4.69) is 59.5 Å². The molecule has 1 N–H and O–H groups in total. The lowest BCUT2D eigenvalue weighted by molar-refractivity contribution is 0.467. The summed E-state index contributed by atoms with van der Waals surface area (Å²) in [5.74, 6) is 2.14. The fraction of sp³-hybridized carbons (Fsp3) is 0.765. The predicted molar refractivity (Wildman–Crippen MR) is 81.7 cm³/mol. The third kappa shape index (κ3) is 4.97. The smallest absolute Gasteiger partial charge is 0.0319 e. The van der Waals surface area contributed by atoms with E-state index in [1.807, 2.05) is 0 Å². The highest BCUT2D eigenvalue weighted by molar-refractivity contribution is 5.32. The maximum atomic E-state index is 4.28. The molecule has 0 aromatic rings. The molecule has 0 amide bonds. The van der Waals surface area contributed by atoms with Gasteiger partial charge in [-0.15, -0.1) is 0 Å². The maximum Gasteiger partial charge on any atom is 0.0319 e. The molecule has 1 rings (SSSR count). The van der Waals surface area contributed by atoms with E-state index in [0.717, 1.165) is 18.3 Å². The van der Waals surface area contributed by atoms with Crippen LogP contribution < -0.4 is 5.32 Å². The van der Waals surface area contributed by atoms with Crippen molar-refractivity contribution in [3.63, 3.8) is 0 Å². The van der Waals surface area contributed by atoms with Crippen molar-refractivity contribution in [2.75, 3.05) is 0 Å². The molecule has 1 nitrogen and oxygen atoms in total. The van der Waals surface area contributed by atoms with E-state index in [9.17, 15) is 0 Å². The second-order valence-corrected chi connectivity index (χ2v) is 6.79. The van der Waals surface area contributed by atoms with Gasteiger partial charge in [0.2, 0.25) is 0 Å². The van der Waals surface area contributed by atoms with Crippen molar-refractivity contribution < 1.29 is 0 Å². The Bertz CT molecular complexity index is 310. The molecule has 0 fully saturated rings. The fourth-order valence-electron chi connectivity index (χ4n) is 2.49. The number of nitrogens with one attached hydrogen (secondary N) is 1. The molecule has 0 saturated heterocycles. The first kappa shape index (κ1) is 15.5. The zero-order chi connectivity index (χ0) is 13.9. The summed E-state index contributed by atoms with van der Waals surface area (Å²) >= 11 is 0. The Hall–Kier alpha value is -0.560. The monoisotopic (exact) mass is 249 g/mol. The van der Waals surface area contributed by atoms with Crippen LogP contribution in [0, 0.1) is 17.8 Å². The predicted octanol–water partition coefficient (Wildman–Crippen LogP) is 4.56. The molecule has 2 unspecified atom stereocenters. The Kier molecular flexibility index (Phi) is 5.65. The molecular formula is C17H31N. The lowest BCUT2D eigenvalue weighted by Gasteiger charge is -2.25. The van der Waals surface area contributed by atoms with Crippen LogP contribution in [0.2, 0.25) is 0 Å². The topological polar surface area (TPSA) is 12.0 Å². The zero-order valence-electron chi connectivity index (χ0n) is 13.1. The van der Waals surface area contributed by atoms with E-state index in [1.54, 1.807) is 5.57 Å². The van der Waals surface area contributed by atoms with Crippen molar-refractivity contribution in [1.29, 1.82) is 0 Å². The number of hydrogen-bond acceptors (Lipinski definition) is 1. The minimum absolute atomic E-state index is 0.452. The Labute approximate surface area is 114 Å². The summed E-state index contributed by atoms with van der Waals surface area (Å²) in [5.41, 5.74) is 2.99. The van der Waals surface area contributed by atoms with Crippen LogP contribution >= 0.6 is 0 Å². The molecular weight excluding hydrogens is 218 g/mol. The van der Waals surface area contributed by atoms with Crippen molar-refractivity contribution in [2.45, 2.75) is 66.5 Å². The summed E-state index contributed by atoms with van der Waals surface area (Å²) in [5, 5.41) is 3.67. The van der Waals surface area contributed by atoms with Gasteiger partial charge in [0.05, 0.1) is 0 Å². The standard InChI is InChI=1S/C17H31N/c1-11(2)8-15-9-16(15)10-17(18-13(5)6)14(7)12(3)4/h9,11-13,15,17-18H,7-8,10H2,1-6H3. The largest absolute Gasteiger partial charge is 0.308 e. The van der Waals surface area contributed by atoms with Crippen molar-refractivity contribution in [3.05, 3.63) is 23.8 Å². The molecule has 0 bridgehead atoms. The maximum absolute atomic E-state index is 4.28. The van der Waals surface area contributed by atoms with Crippen LogP contribution in [0.4, 0.5) is 0 Å². The summed E-state index contributed by atoms with van der Waals surface area (Å²) < 4.78 is 0. The van der Waals surface area contributed by atoms with Crippen LogP contribution in [0.25, 0.3) is 0 Å². The van der Waals surface area contributed by atoms with E-state index < -0.39 is 0 Å². The minimum atomic E-state index is 0.452. The van der Waals surface area contributed by atoms with Crippen molar-refractivity contribution in [2.24, 2.45) is 17.8 Å². The molecule has 0 heterocycles. The third-order valence-electron chi connectivity index (χ3n) is 3.67. The van der Waals surface area contributed by atoms with Gasteiger partial charge < -0.3 is 5.32 Å². The first-order valence-electron chi connectivity index (χ1n) is 7.46.